The summed E-state index contributed by atoms with van der Waals surface area (Å²) in [6, 6.07) is 15.6. The maximum Gasteiger partial charge on any atom is 0.206 e. The minimum absolute atomic E-state index is 0.341. The molecule has 0 aromatic heterocycles. The van der Waals surface area contributed by atoms with Gasteiger partial charge in [0.1, 0.15) is 0 Å². The van der Waals surface area contributed by atoms with Gasteiger partial charge >= 0.3 is 0 Å². The summed E-state index contributed by atoms with van der Waals surface area (Å²) in [4.78, 5) is 0.705. The van der Waals surface area contributed by atoms with Crippen LogP contribution in [0.5, 0.6) is 0 Å². The molecule has 0 saturated heterocycles. The molecule has 2 rings (SSSR count). The number of aryl methyl sites for hydroxylation is 1. The Hall–Kier alpha value is -1.61. The standard InChI is InChI=1S/C14H14O2S/c1-2-12-7-6-10-14(11-12)17(15,16)13-8-4-3-5-9-13/h3-11H,2H2,1H3. The highest BCUT2D eigenvalue weighted by atomic mass is 32.2. The Balaban J connectivity index is 2.52. The first-order valence-corrected chi connectivity index (χ1v) is 7.02. The molecule has 0 aliphatic carbocycles. The second-order valence-corrected chi connectivity index (χ2v) is 5.77. The molecule has 3 heteroatoms. The van der Waals surface area contributed by atoms with Crippen LogP contribution >= 0.6 is 0 Å². The van der Waals surface area contributed by atoms with Crippen LogP contribution in [-0.4, -0.2) is 8.42 Å². The maximum atomic E-state index is 12.3. The number of sulfone groups is 1. The monoisotopic (exact) mass is 246 g/mol. The molecule has 2 aromatic carbocycles. The zero-order chi connectivity index (χ0) is 12.3. The van der Waals surface area contributed by atoms with Crippen LogP contribution in [-0.2, 0) is 16.3 Å². The smallest absolute Gasteiger partial charge is 0.206 e. The van der Waals surface area contributed by atoms with E-state index in [1.807, 2.05) is 19.1 Å². The summed E-state index contributed by atoms with van der Waals surface area (Å²) in [5.74, 6) is 0. The molecule has 0 radical (unpaired) electrons. The van der Waals surface area contributed by atoms with E-state index in [-0.39, 0.29) is 0 Å². The number of benzene rings is 2. The molecule has 2 aromatic rings. The van der Waals surface area contributed by atoms with Crippen molar-refractivity contribution in [1.82, 2.24) is 0 Å². The predicted octanol–water partition coefficient (Wildman–Crippen LogP) is 3.08. The largest absolute Gasteiger partial charge is 0.219 e. The van der Waals surface area contributed by atoms with Gasteiger partial charge in [-0.05, 0) is 36.2 Å². The third kappa shape index (κ3) is 2.39. The summed E-state index contributed by atoms with van der Waals surface area (Å²) in [6.45, 7) is 2.01. The molecular formula is C14H14O2S. The molecule has 0 aliphatic rings. The fraction of sp³-hybridized carbons (Fsp3) is 0.143. The Kier molecular flexibility index (Phi) is 3.29. The molecule has 0 unspecified atom stereocenters. The summed E-state index contributed by atoms with van der Waals surface area (Å²) < 4.78 is 24.6. The van der Waals surface area contributed by atoms with Crippen LogP contribution in [0.15, 0.2) is 64.4 Å². The summed E-state index contributed by atoms with van der Waals surface area (Å²) in [7, 11) is -3.37. The maximum absolute atomic E-state index is 12.3. The van der Waals surface area contributed by atoms with E-state index in [4.69, 9.17) is 0 Å². The molecule has 17 heavy (non-hydrogen) atoms. The fourth-order valence-electron chi connectivity index (χ4n) is 1.67. The van der Waals surface area contributed by atoms with Crippen molar-refractivity contribution in [3.05, 3.63) is 60.2 Å². The van der Waals surface area contributed by atoms with Gasteiger partial charge in [-0.3, -0.25) is 0 Å². The summed E-state index contributed by atoms with van der Waals surface area (Å²) in [5, 5.41) is 0. The SMILES string of the molecule is CCc1cccc(S(=O)(=O)c2ccccc2)c1. The summed E-state index contributed by atoms with van der Waals surface area (Å²) in [5.41, 5.74) is 1.03. The molecule has 0 aliphatic heterocycles. The Morgan fingerprint density at radius 3 is 2.18 bits per heavy atom. The molecule has 0 N–H and O–H groups in total. The van der Waals surface area contributed by atoms with Crippen molar-refractivity contribution in [3.63, 3.8) is 0 Å². The molecule has 0 spiro atoms. The van der Waals surface area contributed by atoms with Gasteiger partial charge < -0.3 is 0 Å². The van der Waals surface area contributed by atoms with E-state index >= 15 is 0 Å². The van der Waals surface area contributed by atoms with Crippen LogP contribution in [0.25, 0.3) is 0 Å². The third-order valence-corrected chi connectivity index (χ3v) is 4.44. The molecule has 0 bridgehead atoms. The van der Waals surface area contributed by atoms with Gasteiger partial charge in [0.05, 0.1) is 9.79 Å². The number of hydrogen-bond acceptors (Lipinski definition) is 2. The van der Waals surface area contributed by atoms with Gasteiger partial charge in [0.2, 0.25) is 9.84 Å². The molecule has 2 nitrogen and oxygen atoms in total. The predicted molar refractivity (Wildman–Crippen MR) is 67.7 cm³/mol. The van der Waals surface area contributed by atoms with E-state index in [2.05, 4.69) is 0 Å². The van der Waals surface area contributed by atoms with Crippen LogP contribution in [0.4, 0.5) is 0 Å². The van der Waals surface area contributed by atoms with Gasteiger partial charge in [-0.1, -0.05) is 37.3 Å². The number of hydrogen-bond donors (Lipinski definition) is 0. The topological polar surface area (TPSA) is 34.1 Å². The Bertz CT molecular complexity index is 601. The lowest BCUT2D eigenvalue weighted by molar-refractivity contribution is 0.596. The summed E-state index contributed by atoms with van der Waals surface area (Å²) in [6.07, 6.45) is 0.831. The minimum Gasteiger partial charge on any atom is -0.219 e. The van der Waals surface area contributed by atoms with Gasteiger partial charge in [-0.2, -0.15) is 0 Å². The van der Waals surface area contributed by atoms with Crippen LogP contribution in [0.1, 0.15) is 12.5 Å². The molecule has 0 amide bonds. The lowest BCUT2D eigenvalue weighted by Gasteiger charge is -2.05. The van der Waals surface area contributed by atoms with Gasteiger partial charge in [0, 0.05) is 0 Å². The van der Waals surface area contributed by atoms with E-state index in [0.717, 1.165) is 12.0 Å². The Morgan fingerprint density at radius 2 is 1.53 bits per heavy atom. The van der Waals surface area contributed by atoms with E-state index in [9.17, 15) is 8.42 Å². The zero-order valence-electron chi connectivity index (χ0n) is 9.63. The van der Waals surface area contributed by atoms with Crippen molar-refractivity contribution in [2.45, 2.75) is 23.1 Å². The second-order valence-electron chi connectivity index (χ2n) is 3.82. The molecule has 0 atom stereocenters. The van der Waals surface area contributed by atoms with Crippen molar-refractivity contribution in [2.24, 2.45) is 0 Å². The van der Waals surface area contributed by atoms with Crippen LogP contribution in [0, 0.1) is 0 Å². The first-order valence-electron chi connectivity index (χ1n) is 5.53. The van der Waals surface area contributed by atoms with E-state index in [0.29, 0.717) is 9.79 Å². The average Bonchev–Trinajstić information content (AvgIpc) is 2.40. The molecule has 0 fully saturated rings. The fourth-order valence-corrected chi connectivity index (χ4v) is 3.02. The molecule has 88 valence electrons. The Morgan fingerprint density at radius 1 is 0.882 bits per heavy atom. The normalized spacial score (nSPS) is 11.4. The van der Waals surface area contributed by atoms with Crippen molar-refractivity contribution >= 4 is 9.84 Å². The zero-order valence-corrected chi connectivity index (χ0v) is 10.4. The summed E-state index contributed by atoms with van der Waals surface area (Å²) >= 11 is 0. The van der Waals surface area contributed by atoms with Gasteiger partial charge in [-0.25, -0.2) is 8.42 Å². The molecule has 0 heterocycles. The van der Waals surface area contributed by atoms with Crippen molar-refractivity contribution in [1.29, 1.82) is 0 Å². The number of rotatable bonds is 3. The quantitative estimate of drug-likeness (QED) is 0.834. The molecule has 0 saturated carbocycles. The highest BCUT2D eigenvalue weighted by Gasteiger charge is 2.16. The first-order chi connectivity index (χ1) is 8.14. The van der Waals surface area contributed by atoms with Crippen LogP contribution in [0.2, 0.25) is 0 Å². The van der Waals surface area contributed by atoms with E-state index in [1.165, 1.54) is 0 Å². The lowest BCUT2D eigenvalue weighted by Crippen LogP contribution is -2.02. The van der Waals surface area contributed by atoms with Crippen molar-refractivity contribution < 1.29 is 8.42 Å². The molecular weight excluding hydrogens is 232 g/mol. The third-order valence-electron chi connectivity index (χ3n) is 2.67. The lowest BCUT2D eigenvalue weighted by atomic mass is 10.2. The average molecular weight is 246 g/mol. The first kappa shape index (κ1) is 11.9. The van der Waals surface area contributed by atoms with Crippen LogP contribution < -0.4 is 0 Å². The van der Waals surface area contributed by atoms with Gasteiger partial charge in [0.25, 0.3) is 0 Å². The second kappa shape index (κ2) is 4.72. The van der Waals surface area contributed by atoms with Gasteiger partial charge in [-0.15, -0.1) is 0 Å². The minimum atomic E-state index is -3.37. The van der Waals surface area contributed by atoms with E-state index < -0.39 is 9.84 Å². The van der Waals surface area contributed by atoms with Crippen LogP contribution in [0.3, 0.4) is 0 Å². The van der Waals surface area contributed by atoms with Gasteiger partial charge in [0.15, 0.2) is 0 Å². The highest BCUT2D eigenvalue weighted by Crippen LogP contribution is 2.21. The van der Waals surface area contributed by atoms with E-state index in [1.54, 1.807) is 42.5 Å². The Labute approximate surface area is 102 Å². The van der Waals surface area contributed by atoms with Crippen molar-refractivity contribution in [2.75, 3.05) is 0 Å². The van der Waals surface area contributed by atoms with Crippen molar-refractivity contribution in [3.8, 4) is 0 Å². The highest BCUT2D eigenvalue weighted by molar-refractivity contribution is 7.91.